The molecule has 3 rings (SSSR count). The van der Waals surface area contributed by atoms with E-state index >= 15 is 0 Å². The van der Waals surface area contributed by atoms with Gasteiger partial charge in [0.25, 0.3) is 0 Å². The molecule has 2 heterocycles. The van der Waals surface area contributed by atoms with E-state index in [1.54, 1.807) is 0 Å². The van der Waals surface area contributed by atoms with Crippen LogP contribution < -0.4 is 16.4 Å². The SMILES string of the molecule is NC1CCc2nc(N3CCC(N)C3)ccc2C1. The van der Waals surface area contributed by atoms with Gasteiger partial charge < -0.3 is 16.4 Å². The van der Waals surface area contributed by atoms with Crippen LogP contribution in [-0.4, -0.2) is 30.2 Å². The summed E-state index contributed by atoms with van der Waals surface area (Å²) in [5.41, 5.74) is 14.5. The van der Waals surface area contributed by atoms with Crippen molar-refractivity contribution in [3.05, 3.63) is 23.4 Å². The maximum Gasteiger partial charge on any atom is 0.128 e. The molecule has 2 unspecified atom stereocenters. The van der Waals surface area contributed by atoms with E-state index in [2.05, 4.69) is 17.0 Å². The van der Waals surface area contributed by atoms with Crippen LogP contribution in [0.15, 0.2) is 12.1 Å². The maximum atomic E-state index is 5.97. The lowest BCUT2D eigenvalue weighted by Gasteiger charge is -2.23. The van der Waals surface area contributed by atoms with E-state index in [0.29, 0.717) is 12.1 Å². The van der Waals surface area contributed by atoms with E-state index < -0.39 is 0 Å². The van der Waals surface area contributed by atoms with E-state index in [-0.39, 0.29) is 0 Å². The molecule has 1 aromatic rings. The highest BCUT2D eigenvalue weighted by Gasteiger charge is 2.22. The molecule has 0 bridgehead atoms. The molecule has 4 heteroatoms. The molecule has 1 fully saturated rings. The highest BCUT2D eigenvalue weighted by Crippen LogP contribution is 2.24. The highest BCUT2D eigenvalue weighted by molar-refractivity contribution is 5.44. The third-order valence-electron chi connectivity index (χ3n) is 3.84. The van der Waals surface area contributed by atoms with Crippen molar-refractivity contribution in [1.82, 2.24) is 4.98 Å². The first-order chi connectivity index (χ1) is 8.22. The molecule has 0 saturated carbocycles. The van der Waals surface area contributed by atoms with Crippen LogP contribution in [-0.2, 0) is 12.8 Å². The van der Waals surface area contributed by atoms with Crippen LogP contribution in [0.2, 0.25) is 0 Å². The third kappa shape index (κ3) is 2.15. The second kappa shape index (κ2) is 4.27. The molecule has 4 N–H and O–H groups in total. The Bertz CT molecular complexity index is 418. The zero-order chi connectivity index (χ0) is 11.8. The van der Waals surface area contributed by atoms with Crippen molar-refractivity contribution in [3.63, 3.8) is 0 Å². The lowest BCUT2D eigenvalue weighted by atomic mass is 9.92. The zero-order valence-corrected chi connectivity index (χ0v) is 10.1. The van der Waals surface area contributed by atoms with E-state index in [0.717, 1.165) is 44.6 Å². The van der Waals surface area contributed by atoms with Gasteiger partial charge in [0.2, 0.25) is 0 Å². The summed E-state index contributed by atoms with van der Waals surface area (Å²) in [4.78, 5) is 7.07. The molecule has 4 nitrogen and oxygen atoms in total. The molecule has 1 saturated heterocycles. The minimum Gasteiger partial charge on any atom is -0.355 e. The van der Waals surface area contributed by atoms with Crippen LogP contribution >= 0.6 is 0 Å². The third-order valence-corrected chi connectivity index (χ3v) is 3.84. The number of rotatable bonds is 1. The number of aromatic nitrogens is 1. The Morgan fingerprint density at radius 3 is 2.82 bits per heavy atom. The molecule has 0 radical (unpaired) electrons. The van der Waals surface area contributed by atoms with Crippen molar-refractivity contribution in [3.8, 4) is 0 Å². The summed E-state index contributed by atoms with van der Waals surface area (Å²) >= 11 is 0. The van der Waals surface area contributed by atoms with Gasteiger partial charge in [-0.2, -0.15) is 0 Å². The molecule has 1 aliphatic heterocycles. The second-order valence-corrected chi connectivity index (χ2v) is 5.27. The Morgan fingerprint density at radius 1 is 1.18 bits per heavy atom. The zero-order valence-electron chi connectivity index (χ0n) is 10.1. The minimum atomic E-state index is 0.307. The fourth-order valence-corrected chi connectivity index (χ4v) is 2.80. The Balaban J connectivity index is 1.83. The van der Waals surface area contributed by atoms with Crippen molar-refractivity contribution in [2.24, 2.45) is 11.5 Å². The Morgan fingerprint density at radius 2 is 2.06 bits per heavy atom. The predicted molar refractivity (Wildman–Crippen MR) is 69.0 cm³/mol. The van der Waals surface area contributed by atoms with Gasteiger partial charge in [-0.25, -0.2) is 4.98 Å². The monoisotopic (exact) mass is 232 g/mol. The van der Waals surface area contributed by atoms with Gasteiger partial charge in [-0.05, 0) is 37.3 Å². The van der Waals surface area contributed by atoms with Gasteiger partial charge in [-0.15, -0.1) is 0 Å². The second-order valence-electron chi connectivity index (χ2n) is 5.27. The molecule has 2 atom stereocenters. The summed E-state index contributed by atoms with van der Waals surface area (Å²) in [6.45, 7) is 1.97. The summed E-state index contributed by atoms with van der Waals surface area (Å²) in [7, 11) is 0. The van der Waals surface area contributed by atoms with Crippen LogP contribution in [0.1, 0.15) is 24.1 Å². The fourth-order valence-electron chi connectivity index (χ4n) is 2.80. The van der Waals surface area contributed by atoms with E-state index in [9.17, 15) is 0 Å². The van der Waals surface area contributed by atoms with E-state index in [1.165, 1.54) is 11.3 Å². The molecular weight excluding hydrogens is 212 g/mol. The summed E-state index contributed by atoms with van der Waals surface area (Å²) in [6, 6.07) is 4.94. The van der Waals surface area contributed by atoms with Crippen LogP contribution in [0.4, 0.5) is 5.82 Å². The molecule has 0 spiro atoms. The van der Waals surface area contributed by atoms with Crippen LogP contribution in [0.3, 0.4) is 0 Å². The lowest BCUT2D eigenvalue weighted by Crippen LogP contribution is -2.30. The lowest BCUT2D eigenvalue weighted by molar-refractivity contribution is 0.566. The number of pyridine rings is 1. The quantitative estimate of drug-likeness (QED) is 0.737. The van der Waals surface area contributed by atoms with E-state index in [1.807, 2.05) is 0 Å². The Labute approximate surface area is 102 Å². The maximum absolute atomic E-state index is 5.97. The molecule has 0 aromatic carbocycles. The van der Waals surface area contributed by atoms with Gasteiger partial charge >= 0.3 is 0 Å². The van der Waals surface area contributed by atoms with Crippen molar-refractivity contribution < 1.29 is 0 Å². The highest BCUT2D eigenvalue weighted by atomic mass is 15.2. The number of anilines is 1. The largest absolute Gasteiger partial charge is 0.355 e. The molecule has 1 aliphatic carbocycles. The molecule has 92 valence electrons. The summed E-state index contributed by atoms with van der Waals surface area (Å²) in [5.74, 6) is 1.09. The Kier molecular flexibility index (Phi) is 2.76. The van der Waals surface area contributed by atoms with E-state index in [4.69, 9.17) is 16.5 Å². The van der Waals surface area contributed by atoms with Crippen molar-refractivity contribution in [2.45, 2.75) is 37.8 Å². The van der Waals surface area contributed by atoms with Gasteiger partial charge in [0, 0.05) is 30.9 Å². The normalized spacial score (nSPS) is 28.2. The van der Waals surface area contributed by atoms with Gasteiger partial charge in [-0.1, -0.05) is 6.07 Å². The van der Waals surface area contributed by atoms with Crippen molar-refractivity contribution >= 4 is 5.82 Å². The van der Waals surface area contributed by atoms with Crippen molar-refractivity contribution in [2.75, 3.05) is 18.0 Å². The minimum absolute atomic E-state index is 0.307. The number of aryl methyl sites for hydroxylation is 1. The number of fused-ring (bicyclic) bond motifs is 1. The van der Waals surface area contributed by atoms with Gasteiger partial charge in [-0.3, -0.25) is 0 Å². The number of hydrogen-bond donors (Lipinski definition) is 2. The first-order valence-electron chi connectivity index (χ1n) is 6.47. The molecule has 2 aliphatic rings. The predicted octanol–water partition coefficient (Wildman–Crippen LogP) is 0.435. The van der Waals surface area contributed by atoms with Gasteiger partial charge in [0.1, 0.15) is 5.82 Å². The van der Waals surface area contributed by atoms with Crippen molar-refractivity contribution in [1.29, 1.82) is 0 Å². The smallest absolute Gasteiger partial charge is 0.128 e. The molecule has 0 amide bonds. The average molecular weight is 232 g/mol. The van der Waals surface area contributed by atoms with Crippen LogP contribution in [0.5, 0.6) is 0 Å². The van der Waals surface area contributed by atoms with Crippen LogP contribution in [0.25, 0.3) is 0 Å². The first-order valence-corrected chi connectivity index (χ1v) is 6.47. The standard InChI is InChI=1S/C13H20N4/c14-10-2-3-12-9(7-10)1-4-13(16-12)17-6-5-11(15)8-17/h1,4,10-11H,2-3,5-8,14-15H2. The molecule has 1 aromatic heterocycles. The number of hydrogen-bond acceptors (Lipinski definition) is 4. The fraction of sp³-hybridized carbons (Fsp3) is 0.615. The molecular formula is C13H20N4. The van der Waals surface area contributed by atoms with Gasteiger partial charge in [0.15, 0.2) is 0 Å². The average Bonchev–Trinajstić information content (AvgIpc) is 2.75. The summed E-state index contributed by atoms with van der Waals surface area (Å²) in [5, 5.41) is 0. The molecule has 17 heavy (non-hydrogen) atoms. The number of nitrogens with zero attached hydrogens (tertiary/aromatic N) is 2. The Hall–Kier alpha value is -1.13. The van der Waals surface area contributed by atoms with Crippen LogP contribution in [0, 0.1) is 0 Å². The topological polar surface area (TPSA) is 68.2 Å². The summed E-state index contributed by atoms with van der Waals surface area (Å²) in [6.07, 6.45) is 4.12. The van der Waals surface area contributed by atoms with Gasteiger partial charge in [0.05, 0.1) is 0 Å². The first kappa shape index (κ1) is 11.0. The summed E-state index contributed by atoms with van der Waals surface area (Å²) < 4.78 is 0. The number of nitrogens with two attached hydrogens (primary N) is 2.